The van der Waals surface area contributed by atoms with Crippen molar-refractivity contribution in [3.05, 3.63) is 53.1 Å². The second kappa shape index (κ2) is 15.0. The van der Waals surface area contributed by atoms with Crippen LogP contribution in [0.25, 0.3) is 11.0 Å². The molecule has 7 rings (SSSR count). The number of morpholine rings is 1. The number of carbonyl (C=O) groups is 1. The maximum atomic E-state index is 12.7. The fourth-order valence-corrected chi connectivity index (χ4v) is 7.52. The van der Waals surface area contributed by atoms with Gasteiger partial charge in [0.05, 0.1) is 49.2 Å². The minimum absolute atomic E-state index is 0. The Morgan fingerprint density at radius 2 is 1.93 bits per heavy atom. The van der Waals surface area contributed by atoms with Crippen molar-refractivity contribution in [2.24, 2.45) is 4.99 Å². The molecule has 2 bridgehead atoms. The summed E-state index contributed by atoms with van der Waals surface area (Å²) in [7, 11) is 2.36. The van der Waals surface area contributed by atoms with Gasteiger partial charge in [0, 0.05) is 19.4 Å². The Bertz CT molecular complexity index is 1430. The monoisotopic (exact) mass is 728 g/mol. The van der Waals surface area contributed by atoms with Crippen molar-refractivity contribution in [1.82, 2.24) is 14.1 Å². The van der Waals surface area contributed by atoms with Gasteiger partial charge in [-0.3, -0.25) is 9.79 Å². The molecule has 44 heavy (non-hydrogen) atoms. The first-order valence-corrected chi connectivity index (χ1v) is 15.9. The number of aliphatic hydroxyl groups is 1. The molecule has 2 aromatic carbocycles. The second-order valence-corrected chi connectivity index (χ2v) is 12.6. The number of carbonyl (C=O) groups excluding carboxylic acids is 1. The molecule has 0 amide bonds. The number of guanidine groups is 1. The molecule has 0 spiro atoms. The molecule has 10 nitrogen and oxygen atoms in total. The van der Waals surface area contributed by atoms with Crippen molar-refractivity contribution in [3.8, 4) is 0 Å². The average Bonchev–Trinajstić information content (AvgIpc) is 3.28. The molecule has 5 heterocycles. The topological polar surface area (TPSA) is 121 Å². The number of piperidine rings is 1. The molecule has 3 N–H and O–H groups in total. The van der Waals surface area contributed by atoms with Gasteiger partial charge in [-0.05, 0) is 24.1 Å². The third-order valence-electron chi connectivity index (χ3n) is 9.08. The van der Waals surface area contributed by atoms with E-state index in [-0.39, 0.29) is 48.1 Å². The zero-order chi connectivity index (χ0) is 29.3. The van der Waals surface area contributed by atoms with Crippen LogP contribution in [0.1, 0.15) is 44.1 Å². The van der Waals surface area contributed by atoms with Crippen LogP contribution < -0.4 is 27.6 Å². The third-order valence-corrected chi connectivity index (χ3v) is 9.94. The molecule has 0 aliphatic carbocycles. The lowest BCUT2D eigenvalue weighted by molar-refractivity contribution is -0.956. The van der Waals surface area contributed by atoms with Gasteiger partial charge in [0.2, 0.25) is 0 Å². The highest BCUT2D eigenvalue weighted by atomic mass is 79.9. The number of fused-ring (bicyclic) bond motifs is 6. The smallest absolute Gasteiger partial charge is 0.316 e. The predicted octanol–water partition coefficient (Wildman–Crippen LogP) is 1.37. The summed E-state index contributed by atoms with van der Waals surface area (Å²) in [6.45, 7) is 4.84. The largest absolute Gasteiger partial charge is 1.00 e. The summed E-state index contributed by atoms with van der Waals surface area (Å²) < 4.78 is 21.2. The van der Waals surface area contributed by atoms with Crippen LogP contribution in [-0.4, -0.2) is 93.9 Å². The van der Waals surface area contributed by atoms with Crippen LogP contribution in [-0.2, 0) is 14.3 Å². The van der Waals surface area contributed by atoms with Gasteiger partial charge >= 0.3 is 5.97 Å². The Labute approximate surface area is 283 Å². The van der Waals surface area contributed by atoms with Gasteiger partial charge in [0.1, 0.15) is 47.3 Å². The molecule has 0 radical (unpaired) electrons. The van der Waals surface area contributed by atoms with Crippen molar-refractivity contribution >= 4 is 64.4 Å². The summed E-state index contributed by atoms with van der Waals surface area (Å²) in [5, 5.41) is 16.6. The van der Waals surface area contributed by atoms with Gasteiger partial charge in [-0.2, -0.15) is 8.75 Å². The number of unbranched alkanes of at least 4 members (excludes halogenated alkanes) is 1. The van der Waals surface area contributed by atoms with E-state index in [1.165, 1.54) is 31.1 Å². The Morgan fingerprint density at radius 3 is 2.57 bits per heavy atom. The zero-order valence-corrected chi connectivity index (χ0v) is 28.7. The Morgan fingerprint density at radius 1 is 1.20 bits per heavy atom. The number of likely N-dealkylation sites (N-methyl/N-ethyl adjacent to an activating group) is 1. The number of aromatic nitrogens is 2. The van der Waals surface area contributed by atoms with Crippen LogP contribution in [0.2, 0.25) is 5.02 Å². The molecule has 3 saturated heterocycles. The number of anilines is 1. The highest BCUT2D eigenvalue weighted by Gasteiger charge is 2.71. The SMILES string of the molecule is CCCC[N+]1(C)[C@@H]2CC(OC(=O)[C@H](CO)c3ccccc3)C[C@H]1[C@@H]1O[C@@H]12.Cl.Clc1ccc2nsnc2c1NC1=NCCN1.[Br-]. The van der Waals surface area contributed by atoms with Crippen LogP contribution in [0.3, 0.4) is 0 Å². The number of esters is 1. The van der Waals surface area contributed by atoms with Crippen LogP contribution in [0.4, 0.5) is 5.69 Å². The highest BCUT2D eigenvalue weighted by molar-refractivity contribution is 7.00. The quantitative estimate of drug-likeness (QED) is 0.181. The molecule has 0 saturated carbocycles. The first-order valence-electron chi connectivity index (χ1n) is 14.8. The molecule has 14 heteroatoms. The standard InChI is InChI=1S/C21H30NO4.C9H8ClN5S.BrH.ClH/c1-3-4-10-22(2)17-11-15(12-18(22)20-19(17)26-20)25-21(24)16(13-23)14-8-6-5-7-9-14;10-5-1-2-6-8(15-16-14-6)7(5)13-9-11-3-4-12-9;;/h5-9,15-20,23H,3-4,10-13H2,1-2H3;1-2H,3-4H2,(H2,11,12,13);2*1H/q+1;;;/p-1/t15?,16-,17-,18+,19-,20+,22?;;;/m1.../s1. The zero-order valence-electron chi connectivity index (χ0n) is 24.7. The van der Waals surface area contributed by atoms with E-state index in [1.54, 1.807) is 0 Å². The van der Waals surface area contributed by atoms with Gasteiger partial charge < -0.3 is 46.7 Å². The number of epoxide rings is 1. The number of hydrogen-bond donors (Lipinski definition) is 3. The molecule has 240 valence electrons. The lowest BCUT2D eigenvalue weighted by Gasteiger charge is -2.48. The van der Waals surface area contributed by atoms with Crippen LogP contribution in [0.15, 0.2) is 47.5 Å². The van der Waals surface area contributed by atoms with E-state index in [0.717, 1.165) is 58.7 Å². The molecular weight excluding hydrogens is 691 g/mol. The Kier molecular flexibility index (Phi) is 11.9. The number of aliphatic hydroxyl groups excluding tert-OH is 1. The van der Waals surface area contributed by atoms with Crippen LogP contribution in [0.5, 0.6) is 0 Å². The number of halogens is 3. The molecule has 1 aromatic heterocycles. The van der Waals surface area contributed by atoms with Crippen molar-refractivity contribution in [2.45, 2.75) is 68.9 Å². The summed E-state index contributed by atoms with van der Waals surface area (Å²) in [6, 6.07) is 14.0. The summed E-state index contributed by atoms with van der Waals surface area (Å²) in [5.74, 6) is -0.160. The summed E-state index contributed by atoms with van der Waals surface area (Å²) in [5.41, 5.74) is 3.21. The van der Waals surface area contributed by atoms with Gasteiger partial charge in [0.25, 0.3) is 0 Å². The third kappa shape index (κ3) is 7.01. The lowest BCUT2D eigenvalue weighted by atomic mass is 9.94. The van der Waals surface area contributed by atoms with Crippen molar-refractivity contribution < 1.29 is 40.8 Å². The summed E-state index contributed by atoms with van der Waals surface area (Å²) >= 11 is 7.30. The van der Waals surface area contributed by atoms with Crippen LogP contribution in [0, 0.1) is 0 Å². The number of rotatable bonds is 8. The normalized spacial score (nSPS) is 28.2. The van der Waals surface area contributed by atoms with E-state index in [9.17, 15) is 9.90 Å². The number of benzene rings is 2. The van der Waals surface area contributed by atoms with Gasteiger partial charge in [0.15, 0.2) is 5.96 Å². The number of ether oxygens (including phenoxy) is 2. The van der Waals surface area contributed by atoms with Crippen molar-refractivity contribution in [1.29, 1.82) is 0 Å². The van der Waals surface area contributed by atoms with E-state index >= 15 is 0 Å². The lowest BCUT2D eigenvalue weighted by Crippen LogP contribution is -3.00. The highest BCUT2D eigenvalue weighted by Crippen LogP contribution is 2.53. The molecule has 4 aliphatic heterocycles. The van der Waals surface area contributed by atoms with E-state index in [0.29, 0.717) is 29.3 Å². The van der Waals surface area contributed by atoms with Gasteiger partial charge in [-0.25, -0.2) is 0 Å². The van der Waals surface area contributed by atoms with E-state index in [1.807, 2.05) is 42.5 Å². The minimum Gasteiger partial charge on any atom is -1.00 e. The molecule has 2 unspecified atom stereocenters. The fraction of sp³-hybridized carbons (Fsp3) is 0.533. The Hall–Kier alpha value is -2.06. The van der Waals surface area contributed by atoms with E-state index < -0.39 is 5.92 Å². The number of hydrogen-bond acceptors (Lipinski definition) is 10. The maximum absolute atomic E-state index is 12.7. The molecule has 3 fully saturated rings. The Balaban J connectivity index is 0.000000212. The number of quaternary nitrogens is 1. The minimum atomic E-state index is -0.595. The molecule has 4 aliphatic rings. The maximum Gasteiger partial charge on any atom is 0.316 e. The van der Waals surface area contributed by atoms with Crippen molar-refractivity contribution in [3.63, 3.8) is 0 Å². The molecule has 3 aromatic rings. The number of aliphatic imine (C=N–C) groups is 1. The number of nitrogens with one attached hydrogen (secondary N) is 2. The average molecular weight is 731 g/mol. The van der Waals surface area contributed by atoms with Crippen LogP contribution >= 0.6 is 35.7 Å². The molecule has 7 atom stereocenters. The fourth-order valence-electron chi connectivity index (χ4n) is 6.78. The molecular formula is C30H39BrCl2N6O4S. The van der Waals surface area contributed by atoms with Gasteiger partial charge in [-0.1, -0.05) is 55.3 Å². The summed E-state index contributed by atoms with van der Waals surface area (Å²) in [4.78, 5) is 16.9. The van der Waals surface area contributed by atoms with E-state index in [4.69, 9.17) is 21.1 Å². The number of nitrogens with zero attached hydrogens (tertiary/aromatic N) is 4. The predicted molar refractivity (Wildman–Crippen MR) is 171 cm³/mol. The first-order chi connectivity index (χ1) is 20.4. The van der Waals surface area contributed by atoms with Crippen molar-refractivity contribution in [2.75, 3.05) is 38.6 Å². The second-order valence-electron chi connectivity index (χ2n) is 11.6. The van der Waals surface area contributed by atoms with E-state index in [2.05, 4.69) is 38.3 Å². The first kappa shape index (κ1) is 34.8. The summed E-state index contributed by atoms with van der Waals surface area (Å²) in [6.07, 6.45) is 4.83. The van der Waals surface area contributed by atoms with Gasteiger partial charge in [-0.15, -0.1) is 12.4 Å².